The van der Waals surface area contributed by atoms with Crippen LogP contribution in [-0.2, 0) is 13.8 Å². The number of aliphatic hydroxyl groups excluding tert-OH is 2. The number of carbonyl (C=O) groups is 1. The van der Waals surface area contributed by atoms with E-state index in [4.69, 9.17) is 13.9 Å². The average molecular weight is 373 g/mol. The molecule has 1 aliphatic heterocycles. The van der Waals surface area contributed by atoms with E-state index in [2.05, 4.69) is 9.26 Å². The number of hydrogen-bond donors (Lipinski definition) is 5. The molecule has 0 radical (unpaired) electrons. The van der Waals surface area contributed by atoms with Gasteiger partial charge in [0.2, 0.25) is 0 Å². The van der Waals surface area contributed by atoms with Crippen molar-refractivity contribution >= 4 is 14.1 Å². The van der Waals surface area contributed by atoms with Crippen LogP contribution >= 0.6 is 7.82 Å². The van der Waals surface area contributed by atoms with Gasteiger partial charge in [0.15, 0.2) is 12.5 Å². The van der Waals surface area contributed by atoms with E-state index in [1.54, 1.807) is 4.98 Å². The molecule has 2 heterocycles. The number of phosphoric acid groups is 1. The van der Waals surface area contributed by atoms with E-state index in [1.807, 2.05) is 0 Å². The number of halogens is 1. The van der Waals surface area contributed by atoms with Crippen LogP contribution in [0.25, 0.3) is 0 Å². The first kappa shape index (κ1) is 14.6. The number of alkyl halides is 1. The number of aromatic nitrogens is 2. The van der Waals surface area contributed by atoms with Crippen molar-refractivity contribution in [2.75, 3.05) is 6.56 Å². The number of hydrogen-bond acceptors (Lipinski definition) is 8. The summed E-state index contributed by atoms with van der Waals surface area (Å²) >= 11 is 0. The van der Waals surface area contributed by atoms with Crippen LogP contribution in [0.5, 0.6) is 0 Å². The van der Waals surface area contributed by atoms with Crippen molar-refractivity contribution in [2.24, 2.45) is 0 Å². The molecule has 1 aromatic heterocycles. The summed E-state index contributed by atoms with van der Waals surface area (Å²) in [5.41, 5.74) is -3.47. The highest BCUT2D eigenvalue weighted by Gasteiger charge is 2.57. The van der Waals surface area contributed by atoms with Gasteiger partial charge in [-0.05, 0) is 0 Å². The number of rotatable bonds is 5. The van der Waals surface area contributed by atoms with E-state index >= 15 is 0 Å². The predicted molar refractivity (Wildman–Crippen MR) is 70.7 cm³/mol. The quantitative estimate of drug-likeness (QED) is 0.270. The molecule has 0 bridgehead atoms. The molecule has 2 rings (SSSR count). The standard InChI is InChI=1S/C10H12FN2O10P/c11-10(3-22-24(19,20)21)6(16)5(15)8(23-10)13-1-4(2-14)7(17)12-9(13)18/h1-2,5-6,8,15-16H,3H2,(H,12,17,18)(H2,19,20,21)/t5-,6+,8-,10-/m1/s1/i3D2,8D. The largest absolute Gasteiger partial charge is 0.469 e. The van der Waals surface area contributed by atoms with E-state index in [1.165, 1.54) is 0 Å². The Balaban J connectivity index is 2.62. The molecule has 1 saturated heterocycles. The van der Waals surface area contributed by atoms with Gasteiger partial charge in [0, 0.05) is 6.20 Å². The minimum atomic E-state index is -5.68. The highest BCUT2D eigenvalue weighted by molar-refractivity contribution is 7.46. The van der Waals surface area contributed by atoms with Crippen LogP contribution in [0.3, 0.4) is 0 Å². The molecule has 0 saturated carbocycles. The first-order valence-electron chi connectivity index (χ1n) is 7.42. The molecular formula is C10H12FN2O10P. The molecule has 0 amide bonds. The number of aromatic amines is 1. The third-order valence-corrected chi connectivity index (χ3v) is 3.15. The third-order valence-electron chi connectivity index (χ3n) is 2.82. The van der Waals surface area contributed by atoms with Gasteiger partial charge in [-0.3, -0.25) is 23.7 Å². The highest BCUT2D eigenvalue weighted by atomic mass is 31.2. The van der Waals surface area contributed by atoms with Crippen molar-refractivity contribution in [3.05, 3.63) is 32.6 Å². The lowest BCUT2D eigenvalue weighted by atomic mass is 10.1. The lowest BCUT2D eigenvalue weighted by Crippen LogP contribution is -2.43. The summed E-state index contributed by atoms with van der Waals surface area (Å²) in [5, 5.41) is 19.8. The van der Waals surface area contributed by atoms with E-state index in [0.29, 0.717) is 6.20 Å². The Hall–Kier alpha value is -1.73. The molecule has 14 heteroatoms. The molecule has 5 N–H and O–H groups in total. The summed E-state index contributed by atoms with van der Waals surface area (Å²) in [5.74, 6) is -4.26. The number of aldehydes is 1. The molecule has 0 aromatic carbocycles. The molecule has 0 spiro atoms. The molecule has 0 aliphatic carbocycles. The number of carbonyl (C=O) groups excluding carboxylic acids is 1. The van der Waals surface area contributed by atoms with Crippen LogP contribution < -0.4 is 11.2 Å². The third kappa shape index (κ3) is 3.52. The smallest absolute Gasteiger partial charge is 0.385 e. The van der Waals surface area contributed by atoms with Gasteiger partial charge >= 0.3 is 13.5 Å². The van der Waals surface area contributed by atoms with Gasteiger partial charge in [-0.2, -0.15) is 0 Å². The van der Waals surface area contributed by atoms with Crippen LogP contribution in [0, 0.1) is 0 Å². The second-order valence-corrected chi connectivity index (χ2v) is 5.65. The first-order valence-corrected chi connectivity index (χ1v) is 7.45. The zero-order chi connectivity index (χ0) is 21.0. The maximum absolute atomic E-state index is 15.0. The van der Waals surface area contributed by atoms with Crippen LogP contribution in [0.15, 0.2) is 15.8 Å². The van der Waals surface area contributed by atoms with Crippen LogP contribution in [0.2, 0.25) is 0 Å². The van der Waals surface area contributed by atoms with Gasteiger partial charge in [0.25, 0.3) is 11.4 Å². The minimum absolute atomic E-state index is 0.0269. The normalized spacial score (nSPS) is 36.0. The van der Waals surface area contributed by atoms with Crippen molar-refractivity contribution in [3.63, 3.8) is 0 Å². The van der Waals surface area contributed by atoms with Gasteiger partial charge in [-0.15, -0.1) is 0 Å². The fourth-order valence-electron chi connectivity index (χ4n) is 1.74. The Morgan fingerprint density at radius 2 is 2.21 bits per heavy atom. The Morgan fingerprint density at radius 1 is 1.58 bits per heavy atom. The topological polar surface area (TPSA) is 188 Å². The summed E-state index contributed by atoms with van der Waals surface area (Å²) in [7, 11) is -5.68. The van der Waals surface area contributed by atoms with E-state index in [0.717, 1.165) is 0 Å². The summed E-state index contributed by atoms with van der Waals surface area (Å²) in [6, 6.07) is 0. The number of aliphatic hydroxyl groups is 2. The maximum atomic E-state index is 15.0. The monoisotopic (exact) mass is 373 g/mol. The fraction of sp³-hybridized carbons (Fsp3) is 0.500. The lowest BCUT2D eigenvalue weighted by Gasteiger charge is -2.22. The van der Waals surface area contributed by atoms with E-state index in [-0.39, 0.29) is 10.9 Å². The van der Waals surface area contributed by atoms with Gasteiger partial charge in [0.1, 0.15) is 18.8 Å². The summed E-state index contributed by atoms with van der Waals surface area (Å²) in [6.45, 7) is -4.12. The molecule has 0 unspecified atom stereocenters. The molecule has 134 valence electrons. The lowest BCUT2D eigenvalue weighted by molar-refractivity contribution is -0.205. The first-order chi connectivity index (χ1) is 12.1. The van der Waals surface area contributed by atoms with Crippen LogP contribution in [-0.4, -0.2) is 60.5 Å². The van der Waals surface area contributed by atoms with Gasteiger partial charge in [0.05, 0.1) is 9.68 Å². The summed E-state index contributed by atoms with van der Waals surface area (Å²) in [6.07, 6.45) is -8.77. The summed E-state index contributed by atoms with van der Waals surface area (Å²) in [4.78, 5) is 53.0. The van der Waals surface area contributed by atoms with Crippen molar-refractivity contribution in [3.8, 4) is 0 Å². The molecule has 1 fully saturated rings. The van der Waals surface area contributed by atoms with Crippen LogP contribution in [0.4, 0.5) is 4.39 Å². The maximum Gasteiger partial charge on any atom is 0.469 e. The van der Waals surface area contributed by atoms with Crippen LogP contribution in [0.1, 0.15) is 20.7 Å². The average Bonchev–Trinajstić information content (AvgIpc) is 2.68. The SMILES string of the molecule is [2H]C([2H])(OP(=O)(O)O)[C@@]1(F)O[C@@]([2H])(n2cc(C=O)c(=O)[nH]c2=O)[C@H](O)[C@@H]1O. The molecule has 12 nitrogen and oxygen atoms in total. The predicted octanol–water partition coefficient (Wildman–Crippen LogP) is -2.63. The van der Waals surface area contributed by atoms with E-state index in [9.17, 15) is 33.6 Å². The Kier molecular flexibility index (Phi) is 3.83. The van der Waals surface area contributed by atoms with Gasteiger partial charge < -0.3 is 24.7 Å². The zero-order valence-corrected chi connectivity index (χ0v) is 12.2. The number of ether oxygens (including phenoxy) is 1. The Labute approximate surface area is 135 Å². The second-order valence-electron chi connectivity index (χ2n) is 4.49. The minimum Gasteiger partial charge on any atom is -0.385 e. The zero-order valence-electron chi connectivity index (χ0n) is 14.3. The Bertz CT molecular complexity index is 933. The van der Waals surface area contributed by atoms with Crippen molar-refractivity contribution in [1.82, 2.24) is 9.55 Å². The molecule has 4 atom stereocenters. The molecule has 1 aromatic rings. The number of phosphoric ester groups is 1. The number of H-pyrrole nitrogens is 1. The van der Waals surface area contributed by atoms with Gasteiger partial charge in [-0.1, -0.05) is 0 Å². The summed E-state index contributed by atoms with van der Waals surface area (Å²) < 4.78 is 56.3. The second kappa shape index (κ2) is 6.29. The fourth-order valence-corrected chi connectivity index (χ4v) is 1.98. The molecular weight excluding hydrogens is 358 g/mol. The van der Waals surface area contributed by atoms with Crippen molar-refractivity contribution in [2.45, 2.75) is 24.3 Å². The molecule has 24 heavy (non-hydrogen) atoms. The number of nitrogens with zero attached hydrogens (tertiary/aromatic N) is 1. The van der Waals surface area contributed by atoms with Crippen molar-refractivity contribution < 1.29 is 47.1 Å². The van der Waals surface area contributed by atoms with E-state index < -0.39 is 55.5 Å². The number of nitrogens with one attached hydrogen (secondary N) is 1. The van der Waals surface area contributed by atoms with Crippen molar-refractivity contribution in [1.29, 1.82) is 0 Å². The highest BCUT2D eigenvalue weighted by Crippen LogP contribution is 2.43. The molecule has 1 aliphatic rings. The Morgan fingerprint density at radius 3 is 2.75 bits per heavy atom. The van der Waals surface area contributed by atoms with Gasteiger partial charge in [-0.25, -0.2) is 13.8 Å².